The smallest absolute Gasteiger partial charge is 0.266 e. The number of aryl methyl sites for hydroxylation is 1. The molecule has 0 spiro atoms. The van der Waals surface area contributed by atoms with Gasteiger partial charge in [-0.1, -0.05) is 0 Å². The Morgan fingerprint density at radius 2 is 2.20 bits per heavy atom. The minimum Gasteiger partial charge on any atom is -0.370 e. The Kier molecular flexibility index (Phi) is 6.05. The number of sulfonamides is 1. The number of nitrogens with one attached hydrogen (secondary N) is 1. The van der Waals surface area contributed by atoms with Crippen LogP contribution in [0.25, 0.3) is 0 Å². The summed E-state index contributed by atoms with van der Waals surface area (Å²) >= 11 is 2.90. The minimum atomic E-state index is -4.05. The van der Waals surface area contributed by atoms with Gasteiger partial charge >= 0.3 is 0 Å². The summed E-state index contributed by atoms with van der Waals surface area (Å²) in [5.41, 5.74) is 2.91. The van der Waals surface area contributed by atoms with E-state index >= 15 is 0 Å². The van der Waals surface area contributed by atoms with Crippen LogP contribution in [0.15, 0.2) is 39.5 Å². The van der Waals surface area contributed by atoms with Crippen LogP contribution in [0.1, 0.15) is 17.0 Å². The van der Waals surface area contributed by atoms with Crippen molar-refractivity contribution in [3.05, 3.63) is 51.0 Å². The lowest BCUT2D eigenvalue weighted by Crippen LogP contribution is -2.35. The van der Waals surface area contributed by atoms with E-state index in [4.69, 9.17) is 0 Å². The molecule has 1 N–H and O–H groups in total. The molecule has 0 aliphatic carbocycles. The van der Waals surface area contributed by atoms with Crippen molar-refractivity contribution < 1.29 is 12.8 Å². The SMILES string of the molecule is Cc1cc(S(=O)(=O)Nc2cscn2)c(F)cc1N(C)C1CCN(Cc2nccs2)C1. The lowest BCUT2D eigenvalue weighted by molar-refractivity contribution is 0.325. The number of rotatable bonds is 7. The number of likely N-dealkylation sites (tertiary alicyclic amines) is 1. The Morgan fingerprint density at radius 3 is 2.90 bits per heavy atom. The number of aromatic nitrogens is 2. The van der Waals surface area contributed by atoms with Gasteiger partial charge in [-0.2, -0.15) is 0 Å². The van der Waals surface area contributed by atoms with Gasteiger partial charge in [0.25, 0.3) is 10.0 Å². The molecular weight excluding hydrogens is 445 g/mol. The van der Waals surface area contributed by atoms with Crippen LogP contribution >= 0.6 is 22.7 Å². The quantitative estimate of drug-likeness (QED) is 0.573. The maximum Gasteiger partial charge on any atom is 0.266 e. The van der Waals surface area contributed by atoms with Gasteiger partial charge in [-0.3, -0.25) is 9.62 Å². The molecule has 3 aromatic rings. The molecule has 0 radical (unpaired) electrons. The highest BCUT2D eigenvalue weighted by Gasteiger charge is 2.29. The number of benzene rings is 1. The van der Waals surface area contributed by atoms with Gasteiger partial charge in [0.05, 0.1) is 12.1 Å². The fraction of sp³-hybridized carbons (Fsp3) is 0.368. The monoisotopic (exact) mass is 467 g/mol. The van der Waals surface area contributed by atoms with Crippen LogP contribution in [-0.2, 0) is 16.6 Å². The summed E-state index contributed by atoms with van der Waals surface area (Å²) in [7, 11) is -2.12. The van der Waals surface area contributed by atoms with Gasteiger partial charge in [-0.05, 0) is 31.0 Å². The summed E-state index contributed by atoms with van der Waals surface area (Å²) in [6.07, 6.45) is 2.76. The number of anilines is 2. The van der Waals surface area contributed by atoms with Crippen LogP contribution < -0.4 is 9.62 Å². The van der Waals surface area contributed by atoms with Crippen LogP contribution in [-0.4, -0.2) is 49.5 Å². The molecule has 4 rings (SSSR count). The molecule has 1 aliphatic heterocycles. The number of nitrogens with zero attached hydrogens (tertiary/aromatic N) is 4. The van der Waals surface area contributed by atoms with Crippen LogP contribution in [0.2, 0.25) is 0 Å². The Bertz CT molecular complexity index is 1100. The van der Waals surface area contributed by atoms with Crippen LogP contribution in [0.3, 0.4) is 0 Å². The highest BCUT2D eigenvalue weighted by molar-refractivity contribution is 7.92. The zero-order valence-electron chi connectivity index (χ0n) is 16.6. The van der Waals surface area contributed by atoms with E-state index < -0.39 is 15.8 Å². The van der Waals surface area contributed by atoms with Crippen molar-refractivity contribution in [3.63, 3.8) is 0 Å². The van der Waals surface area contributed by atoms with E-state index in [9.17, 15) is 12.8 Å². The van der Waals surface area contributed by atoms with Crippen LogP contribution in [0.5, 0.6) is 0 Å². The fourth-order valence-electron chi connectivity index (χ4n) is 3.68. The average molecular weight is 468 g/mol. The van der Waals surface area contributed by atoms with Gasteiger partial charge in [0.15, 0.2) is 5.82 Å². The molecule has 7 nitrogen and oxygen atoms in total. The Morgan fingerprint density at radius 1 is 1.37 bits per heavy atom. The standard InChI is InChI=1S/C19H22FN5O2S3/c1-13-7-17(30(26,27)23-18-11-28-12-22-18)15(20)8-16(13)24(2)14-3-5-25(9-14)10-19-21-4-6-29-19/h4,6-8,11-12,14,23H,3,5,9-10H2,1-2H3. The molecule has 11 heteroatoms. The third-order valence-electron chi connectivity index (χ3n) is 5.23. The van der Waals surface area contributed by atoms with E-state index in [0.717, 1.165) is 31.1 Å². The van der Waals surface area contributed by atoms with Crippen molar-refractivity contribution in [1.29, 1.82) is 0 Å². The number of likely N-dealkylation sites (N-methyl/N-ethyl adjacent to an activating group) is 1. The van der Waals surface area contributed by atoms with Crippen molar-refractivity contribution in [1.82, 2.24) is 14.9 Å². The Hall–Kier alpha value is -2.08. The van der Waals surface area contributed by atoms with Gasteiger partial charge in [0.1, 0.15) is 15.7 Å². The maximum atomic E-state index is 14.8. The third kappa shape index (κ3) is 4.48. The maximum absolute atomic E-state index is 14.8. The van der Waals surface area contributed by atoms with Crippen LogP contribution in [0.4, 0.5) is 15.9 Å². The first-order valence-electron chi connectivity index (χ1n) is 9.38. The first-order chi connectivity index (χ1) is 14.3. The Balaban J connectivity index is 1.50. The molecule has 0 bridgehead atoms. The van der Waals surface area contributed by atoms with Gasteiger partial charge in [0, 0.05) is 48.8 Å². The van der Waals surface area contributed by atoms with Gasteiger partial charge in [-0.25, -0.2) is 22.8 Å². The molecule has 1 fully saturated rings. The molecule has 0 saturated carbocycles. The Labute approximate surface area is 183 Å². The molecule has 1 atom stereocenters. The van der Waals surface area contributed by atoms with Gasteiger partial charge < -0.3 is 4.90 Å². The zero-order valence-corrected chi connectivity index (χ0v) is 19.0. The van der Waals surface area contributed by atoms with Crippen molar-refractivity contribution in [3.8, 4) is 0 Å². The van der Waals surface area contributed by atoms with Gasteiger partial charge in [-0.15, -0.1) is 22.7 Å². The highest BCUT2D eigenvalue weighted by atomic mass is 32.2. The normalized spacial score (nSPS) is 17.4. The molecule has 1 aliphatic rings. The van der Waals surface area contributed by atoms with Crippen LogP contribution in [0, 0.1) is 12.7 Å². The number of thiazole rings is 2. The number of hydrogen-bond donors (Lipinski definition) is 1. The molecule has 160 valence electrons. The first kappa shape index (κ1) is 21.2. The molecule has 30 heavy (non-hydrogen) atoms. The molecule has 0 amide bonds. The minimum absolute atomic E-state index is 0.185. The summed E-state index contributed by atoms with van der Waals surface area (Å²) in [6.45, 7) is 4.41. The van der Waals surface area contributed by atoms with E-state index in [2.05, 4.69) is 19.6 Å². The second-order valence-corrected chi connectivity index (χ2v) is 10.6. The van der Waals surface area contributed by atoms with E-state index in [1.807, 2.05) is 23.5 Å². The summed E-state index contributed by atoms with van der Waals surface area (Å²) in [5, 5.41) is 4.62. The second-order valence-electron chi connectivity index (χ2n) is 7.26. The van der Waals surface area contributed by atoms with Crippen molar-refractivity contribution >= 4 is 44.2 Å². The highest BCUT2D eigenvalue weighted by Crippen LogP contribution is 2.30. The summed E-state index contributed by atoms with van der Waals surface area (Å²) in [6, 6.07) is 2.92. The van der Waals surface area contributed by atoms with Crippen molar-refractivity contribution in [2.45, 2.75) is 30.8 Å². The zero-order chi connectivity index (χ0) is 21.3. The molecular formula is C19H22FN5O2S3. The van der Waals surface area contributed by atoms with Crippen molar-refractivity contribution in [2.75, 3.05) is 29.8 Å². The number of halogens is 1. The van der Waals surface area contributed by atoms with E-state index in [-0.39, 0.29) is 16.8 Å². The summed E-state index contributed by atoms with van der Waals surface area (Å²) in [5.74, 6) is -0.590. The van der Waals surface area contributed by atoms with E-state index in [1.54, 1.807) is 23.6 Å². The fourth-order valence-corrected chi connectivity index (χ4v) is 6.04. The molecule has 1 aromatic carbocycles. The molecule has 1 saturated heterocycles. The van der Waals surface area contributed by atoms with Gasteiger partial charge in [0.2, 0.25) is 0 Å². The lowest BCUT2D eigenvalue weighted by Gasteiger charge is -2.29. The molecule has 1 unspecified atom stereocenters. The average Bonchev–Trinajstić information content (AvgIpc) is 3.46. The van der Waals surface area contributed by atoms with Crippen molar-refractivity contribution in [2.24, 2.45) is 0 Å². The molecule has 3 heterocycles. The second kappa shape index (κ2) is 8.58. The molecule has 2 aromatic heterocycles. The largest absolute Gasteiger partial charge is 0.370 e. The predicted octanol–water partition coefficient (Wildman–Crippen LogP) is 3.56. The number of hydrogen-bond acceptors (Lipinski definition) is 8. The lowest BCUT2D eigenvalue weighted by atomic mass is 10.1. The van der Waals surface area contributed by atoms with E-state index in [0.29, 0.717) is 11.3 Å². The topological polar surface area (TPSA) is 78.4 Å². The predicted molar refractivity (Wildman–Crippen MR) is 118 cm³/mol. The summed E-state index contributed by atoms with van der Waals surface area (Å²) in [4.78, 5) is 12.2. The summed E-state index contributed by atoms with van der Waals surface area (Å²) < 4.78 is 42.4. The van der Waals surface area contributed by atoms with E-state index in [1.165, 1.54) is 29.0 Å². The third-order valence-corrected chi connectivity index (χ3v) is 7.95. The first-order valence-corrected chi connectivity index (χ1v) is 12.7.